The van der Waals surface area contributed by atoms with Gasteiger partial charge in [-0.05, 0) is 32.0 Å². The van der Waals surface area contributed by atoms with Gasteiger partial charge in [0.05, 0.1) is 11.4 Å². The molecule has 2 N–H and O–H groups in total. The van der Waals surface area contributed by atoms with Gasteiger partial charge < -0.3 is 5.32 Å². The molecule has 0 saturated carbocycles. The van der Waals surface area contributed by atoms with Gasteiger partial charge in [0.2, 0.25) is 0 Å². The predicted molar refractivity (Wildman–Crippen MR) is 62.8 cm³/mol. The van der Waals surface area contributed by atoms with E-state index in [1.807, 2.05) is 30.5 Å². The minimum atomic E-state index is 0.222. The molecule has 4 heteroatoms. The van der Waals surface area contributed by atoms with Crippen molar-refractivity contribution in [2.45, 2.75) is 25.9 Å². The number of H-pyrrole nitrogens is 1. The number of nitrogens with zero attached hydrogens (tertiary/aromatic N) is 2. The molecule has 0 aliphatic heterocycles. The fourth-order valence-corrected chi connectivity index (χ4v) is 1.69. The van der Waals surface area contributed by atoms with Gasteiger partial charge in [-0.25, -0.2) is 0 Å². The van der Waals surface area contributed by atoms with E-state index >= 15 is 0 Å². The van der Waals surface area contributed by atoms with Gasteiger partial charge in [0, 0.05) is 24.5 Å². The molecule has 2 rings (SSSR count). The molecule has 4 nitrogen and oxygen atoms in total. The number of aromatic amines is 1. The monoisotopic (exact) mass is 216 g/mol. The average molecular weight is 216 g/mol. The molecule has 0 radical (unpaired) electrons. The zero-order valence-electron chi connectivity index (χ0n) is 9.51. The van der Waals surface area contributed by atoms with Crippen LogP contribution in [0.2, 0.25) is 0 Å². The van der Waals surface area contributed by atoms with Gasteiger partial charge in [0.15, 0.2) is 0 Å². The van der Waals surface area contributed by atoms with Crippen molar-refractivity contribution in [2.75, 3.05) is 0 Å². The number of hydrogen-bond donors (Lipinski definition) is 2. The highest BCUT2D eigenvalue weighted by molar-refractivity contribution is 5.10. The summed E-state index contributed by atoms with van der Waals surface area (Å²) in [6.45, 7) is 4.21. The maximum atomic E-state index is 4.32. The van der Waals surface area contributed by atoms with E-state index in [0.29, 0.717) is 0 Å². The first-order valence-corrected chi connectivity index (χ1v) is 5.43. The zero-order valence-corrected chi connectivity index (χ0v) is 9.51. The summed E-state index contributed by atoms with van der Waals surface area (Å²) < 4.78 is 0. The highest BCUT2D eigenvalue weighted by Gasteiger charge is 2.12. The Balaban J connectivity index is 2.00. The molecule has 2 atom stereocenters. The van der Waals surface area contributed by atoms with Crippen molar-refractivity contribution in [1.82, 2.24) is 20.5 Å². The fraction of sp³-hybridized carbons (Fsp3) is 0.333. The third kappa shape index (κ3) is 2.46. The molecular weight excluding hydrogens is 200 g/mol. The Morgan fingerprint density at radius 1 is 1.12 bits per heavy atom. The SMILES string of the molecule is CC(NC(C)c1ccn[nH]1)c1ccccn1. The molecular formula is C12H16N4. The van der Waals surface area contributed by atoms with Crippen LogP contribution in [-0.2, 0) is 0 Å². The van der Waals surface area contributed by atoms with Gasteiger partial charge in [-0.15, -0.1) is 0 Å². The van der Waals surface area contributed by atoms with Crippen molar-refractivity contribution in [3.05, 3.63) is 48.0 Å². The molecule has 0 aromatic carbocycles. The van der Waals surface area contributed by atoms with E-state index in [1.54, 1.807) is 6.20 Å². The smallest absolute Gasteiger partial charge is 0.0570 e. The van der Waals surface area contributed by atoms with Gasteiger partial charge in [0.25, 0.3) is 0 Å². The minimum Gasteiger partial charge on any atom is -0.301 e. The van der Waals surface area contributed by atoms with Crippen molar-refractivity contribution in [3.63, 3.8) is 0 Å². The summed E-state index contributed by atoms with van der Waals surface area (Å²) in [5.74, 6) is 0. The van der Waals surface area contributed by atoms with Crippen LogP contribution in [0.25, 0.3) is 0 Å². The summed E-state index contributed by atoms with van der Waals surface area (Å²) in [5.41, 5.74) is 2.14. The molecule has 16 heavy (non-hydrogen) atoms. The Hall–Kier alpha value is -1.68. The predicted octanol–water partition coefficient (Wildman–Crippen LogP) is 2.22. The van der Waals surface area contributed by atoms with Gasteiger partial charge >= 0.3 is 0 Å². The van der Waals surface area contributed by atoms with Crippen LogP contribution < -0.4 is 5.32 Å². The summed E-state index contributed by atoms with van der Waals surface area (Å²) in [6.07, 6.45) is 3.58. The largest absolute Gasteiger partial charge is 0.301 e. The number of pyridine rings is 1. The van der Waals surface area contributed by atoms with E-state index < -0.39 is 0 Å². The molecule has 2 unspecified atom stereocenters. The van der Waals surface area contributed by atoms with Crippen molar-refractivity contribution in [3.8, 4) is 0 Å². The number of nitrogens with one attached hydrogen (secondary N) is 2. The molecule has 2 heterocycles. The second kappa shape index (κ2) is 4.90. The molecule has 0 bridgehead atoms. The van der Waals surface area contributed by atoms with E-state index in [2.05, 4.69) is 34.3 Å². The van der Waals surface area contributed by atoms with Gasteiger partial charge in [0.1, 0.15) is 0 Å². The Bertz CT molecular complexity index is 410. The first-order chi connectivity index (χ1) is 7.77. The van der Waals surface area contributed by atoms with Gasteiger partial charge in [-0.3, -0.25) is 10.1 Å². The summed E-state index contributed by atoms with van der Waals surface area (Å²) in [5, 5.41) is 10.4. The van der Waals surface area contributed by atoms with Crippen LogP contribution in [0.4, 0.5) is 0 Å². The van der Waals surface area contributed by atoms with Crippen LogP contribution >= 0.6 is 0 Å². The van der Waals surface area contributed by atoms with Crippen LogP contribution in [0.5, 0.6) is 0 Å². The van der Waals surface area contributed by atoms with Crippen molar-refractivity contribution >= 4 is 0 Å². The number of hydrogen-bond acceptors (Lipinski definition) is 3. The lowest BCUT2D eigenvalue weighted by molar-refractivity contribution is 0.478. The second-order valence-electron chi connectivity index (χ2n) is 3.88. The molecule has 0 aliphatic rings. The third-order valence-electron chi connectivity index (χ3n) is 2.62. The molecule has 0 amide bonds. The third-order valence-corrected chi connectivity index (χ3v) is 2.62. The molecule has 2 aromatic heterocycles. The fourth-order valence-electron chi connectivity index (χ4n) is 1.69. The Morgan fingerprint density at radius 2 is 2.00 bits per heavy atom. The average Bonchev–Trinajstić information content (AvgIpc) is 2.83. The molecule has 0 aliphatic carbocycles. The molecule has 0 saturated heterocycles. The van der Waals surface area contributed by atoms with Crippen molar-refractivity contribution < 1.29 is 0 Å². The lowest BCUT2D eigenvalue weighted by Crippen LogP contribution is -2.23. The molecule has 84 valence electrons. The van der Waals surface area contributed by atoms with Crippen LogP contribution in [0.3, 0.4) is 0 Å². The second-order valence-corrected chi connectivity index (χ2v) is 3.88. The maximum absolute atomic E-state index is 4.32. The molecule has 0 spiro atoms. The standard InChI is InChI=1S/C12H16N4/c1-9(11-5-3-4-7-13-11)15-10(2)12-6-8-14-16-12/h3-10,15H,1-2H3,(H,14,16). The van der Waals surface area contributed by atoms with E-state index in [4.69, 9.17) is 0 Å². The molecule has 0 fully saturated rings. The molecule has 2 aromatic rings. The lowest BCUT2D eigenvalue weighted by Gasteiger charge is -2.18. The van der Waals surface area contributed by atoms with Crippen LogP contribution in [0.15, 0.2) is 36.7 Å². The van der Waals surface area contributed by atoms with Gasteiger partial charge in [-0.2, -0.15) is 5.10 Å². The van der Waals surface area contributed by atoms with E-state index in [9.17, 15) is 0 Å². The highest BCUT2D eigenvalue weighted by Crippen LogP contribution is 2.15. The Morgan fingerprint density at radius 3 is 2.62 bits per heavy atom. The number of rotatable bonds is 4. The van der Waals surface area contributed by atoms with Gasteiger partial charge in [-0.1, -0.05) is 6.07 Å². The lowest BCUT2D eigenvalue weighted by atomic mass is 10.1. The Labute approximate surface area is 95.1 Å². The first-order valence-electron chi connectivity index (χ1n) is 5.43. The first kappa shape index (κ1) is 10.8. The van der Waals surface area contributed by atoms with Crippen molar-refractivity contribution in [2.24, 2.45) is 0 Å². The van der Waals surface area contributed by atoms with Crippen molar-refractivity contribution in [1.29, 1.82) is 0 Å². The minimum absolute atomic E-state index is 0.222. The van der Waals surface area contributed by atoms with E-state index in [-0.39, 0.29) is 12.1 Å². The topological polar surface area (TPSA) is 53.6 Å². The summed E-state index contributed by atoms with van der Waals surface area (Å²) >= 11 is 0. The van der Waals surface area contributed by atoms with E-state index in [0.717, 1.165) is 11.4 Å². The van der Waals surface area contributed by atoms with Crippen LogP contribution in [0.1, 0.15) is 37.3 Å². The summed E-state index contributed by atoms with van der Waals surface area (Å²) in [7, 11) is 0. The van der Waals surface area contributed by atoms with Crippen LogP contribution in [-0.4, -0.2) is 15.2 Å². The summed E-state index contributed by atoms with van der Waals surface area (Å²) in [4.78, 5) is 4.32. The number of aromatic nitrogens is 3. The quantitative estimate of drug-likeness (QED) is 0.824. The normalized spacial score (nSPS) is 14.6. The zero-order chi connectivity index (χ0) is 11.4. The van der Waals surface area contributed by atoms with Crippen LogP contribution in [0, 0.1) is 0 Å². The summed E-state index contributed by atoms with van der Waals surface area (Å²) in [6, 6.07) is 8.38. The van der Waals surface area contributed by atoms with E-state index in [1.165, 1.54) is 0 Å². The highest BCUT2D eigenvalue weighted by atomic mass is 15.1. The Kier molecular flexibility index (Phi) is 3.31. The maximum Gasteiger partial charge on any atom is 0.0570 e.